The van der Waals surface area contributed by atoms with Gasteiger partial charge in [-0.05, 0) is 25.7 Å². The number of carbonyl (C=O) groups excluding carboxylic acids is 1. The second-order valence-corrected chi connectivity index (χ2v) is 11.4. The second kappa shape index (κ2) is 7.39. The van der Waals surface area contributed by atoms with E-state index in [1.54, 1.807) is 0 Å². The summed E-state index contributed by atoms with van der Waals surface area (Å²) in [7, 11) is -1.53. The number of hydrogen-bond donors (Lipinski definition) is 0. The molecule has 0 amide bonds. The monoisotopic (exact) mass is 290 g/mol. The van der Waals surface area contributed by atoms with Gasteiger partial charge >= 0.3 is 0 Å². The van der Waals surface area contributed by atoms with E-state index in [2.05, 4.69) is 42.1 Å². The Bertz CT molecular complexity index is 208. The Morgan fingerprint density at radius 2 is 2.00 bits per heavy atom. The fourth-order valence-corrected chi connectivity index (χ4v) is 2.82. The van der Waals surface area contributed by atoms with Gasteiger partial charge in [0.15, 0.2) is 0 Å². The van der Waals surface area contributed by atoms with E-state index in [1.807, 2.05) is 6.08 Å². The van der Waals surface area contributed by atoms with Gasteiger partial charge in [0.2, 0.25) is 0 Å². The SMILES string of the molecule is C=CCCC(Br)CCCC(=O)[Si](C)(C)C. The van der Waals surface area contributed by atoms with Crippen LogP contribution in [0.3, 0.4) is 0 Å². The largest absolute Gasteiger partial charge is 0.305 e. The summed E-state index contributed by atoms with van der Waals surface area (Å²) >= 11 is 3.63. The molecule has 0 spiro atoms. The summed E-state index contributed by atoms with van der Waals surface area (Å²) in [6.07, 6.45) is 7.02. The minimum atomic E-state index is -1.53. The highest BCUT2D eigenvalue weighted by molar-refractivity contribution is 9.09. The van der Waals surface area contributed by atoms with Gasteiger partial charge in [0.25, 0.3) is 0 Å². The van der Waals surface area contributed by atoms with Gasteiger partial charge < -0.3 is 4.79 Å². The molecule has 0 aromatic heterocycles. The number of hydrogen-bond acceptors (Lipinski definition) is 1. The number of allylic oxidation sites excluding steroid dienone is 1. The lowest BCUT2D eigenvalue weighted by Gasteiger charge is -2.14. The molecule has 0 aliphatic rings. The molecule has 0 aliphatic heterocycles. The predicted octanol–water partition coefficient (Wildman–Crippen LogP) is 4.33. The van der Waals surface area contributed by atoms with E-state index in [9.17, 15) is 4.79 Å². The quantitative estimate of drug-likeness (QED) is 0.369. The lowest BCUT2D eigenvalue weighted by atomic mass is 10.1. The second-order valence-electron chi connectivity index (χ2n) is 5.03. The van der Waals surface area contributed by atoms with Crippen LogP contribution in [0.25, 0.3) is 0 Å². The molecule has 0 rings (SSSR count). The molecule has 0 fully saturated rings. The molecule has 1 atom stereocenters. The first-order chi connectivity index (χ1) is 6.88. The van der Waals surface area contributed by atoms with E-state index >= 15 is 0 Å². The summed E-state index contributed by atoms with van der Waals surface area (Å²) < 4.78 is 0. The van der Waals surface area contributed by atoms with Crippen molar-refractivity contribution in [3.05, 3.63) is 12.7 Å². The summed E-state index contributed by atoms with van der Waals surface area (Å²) in [5.41, 5.74) is 0. The first-order valence-corrected chi connectivity index (χ1v) is 10.1. The molecular formula is C12H23BrOSi. The maximum atomic E-state index is 11.7. The predicted molar refractivity (Wildman–Crippen MR) is 74.4 cm³/mol. The number of carbonyl (C=O) groups is 1. The van der Waals surface area contributed by atoms with Crippen LogP contribution >= 0.6 is 15.9 Å². The lowest BCUT2D eigenvalue weighted by Crippen LogP contribution is -2.33. The zero-order valence-electron chi connectivity index (χ0n) is 10.2. The Kier molecular flexibility index (Phi) is 7.44. The van der Waals surface area contributed by atoms with Crippen molar-refractivity contribution >= 4 is 29.4 Å². The summed E-state index contributed by atoms with van der Waals surface area (Å²) in [6.45, 7) is 10.1. The average Bonchev–Trinajstić information content (AvgIpc) is 2.13. The van der Waals surface area contributed by atoms with Crippen LogP contribution in [0.15, 0.2) is 12.7 Å². The number of halogens is 1. The maximum Gasteiger partial charge on any atom is 0.123 e. The molecule has 15 heavy (non-hydrogen) atoms. The standard InChI is InChI=1S/C12H23BrOSi/c1-5-6-8-11(13)9-7-10-12(14)15(2,3)4/h5,11H,1,6-10H2,2-4H3. The Hall–Kier alpha value is 0.107. The van der Waals surface area contributed by atoms with Crippen LogP contribution in [0.5, 0.6) is 0 Å². The molecule has 0 aliphatic carbocycles. The first-order valence-electron chi connectivity index (χ1n) is 5.66. The molecule has 1 unspecified atom stereocenters. The van der Waals surface area contributed by atoms with Crippen molar-refractivity contribution < 1.29 is 4.79 Å². The van der Waals surface area contributed by atoms with Crippen molar-refractivity contribution in [2.75, 3.05) is 0 Å². The molecule has 0 heterocycles. The normalized spacial score (nSPS) is 13.6. The molecule has 0 N–H and O–H groups in total. The third kappa shape index (κ3) is 7.97. The third-order valence-corrected chi connectivity index (χ3v) is 5.28. The van der Waals surface area contributed by atoms with Gasteiger partial charge in [-0.1, -0.05) is 41.6 Å². The molecule has 3 heteroatoms. The Morgan fingerprint density at radius 3 is 2.47 bits per heavy atom. The van der Waals surface area contributed by atoms with Crippen LogP contribution in [-0.2, 0) is 4.79 Å². The molecule has 0 bridgehead atoms. The maximum absolute atomic E-state index is 11.7. The smallest absolute Gasteiger partial charge is 0.123 e. The first kappa shape index (κ1) is 15.1. The van der Waals surface area contributed by atoms with Crippen LogP contribution in [0.1, 0.15) is 32.1 Å². The zero-order valence-corrected chi connectivity index (χ0v) is 12.8. The topological polar surface area (TPSA) is 17.1 Å². The molecule has 0 aromatic rings. The minimum absolute atomic E-state index is 0.505. The minimum Gasteiger partial charge on any atom is -0.305 e. The molecule has 88 valence electrons. The van der Waals surface area contributed by atoms with E-state index in [0.29, 0.717) is 10.2 Å². The van der Waals surface area contributed by atoms with E-state index in [1.165, 1.54) is 0 Å². The van der Waals surface area contributed by atoms with E-state index in [-0.39, 0.29) is 0 Å². The van der Waals surface area contributed by atoms with Crippen molar-refractivity contribution in [2.24, 2.45) is 0 Å². The molecular weight excluding hydrogens is 268 g/mol. The van der Waals surface area contributed by atoms with E-state index in [0.717, 1.165) is 32.1 Å². The Morgan fingerprint density at radius 1 is 1.40 bits per heavy atom. The fraction of sp³-hybridized carbons (Fsp3) is 0.750. The van der Waals surface area contributed by atoms with Crippen LogP contribution < -0.4 is 0 Å². The van der Waals surface area contributed by atoms with Crippen LogP contribution in [0.4, 0.5) is 0 Å². The molecule has 0 aromatic carbocycles. The Balaban J connectivity index is 3.61. The van der Waals surface area contributed by atoms with Crippen molar-refractivity contribution in [1.82, 2.24) is 0 Å². The van der Waals surface area contributed by atoms with Crippen molar-refractivity contribution in [3.8, 4) is 0 Å². The highest BCUT2D eigenvalue weighted by Crippen LogP contribution is 2.17. The molecule has 0 radical (unpaired) electrons. The van der Waals surface area contributed by atoms with E-state index in [4.69, 9.17) is 0 Å². The van der Waals surface area contributed by atoms with Crippen LogP contribution in [0.2, 0.25) is 19.6 Å². The zero-order chi connectivity index (χ0) is 11.9. The van der Waals surface area contributed by atoms with Gasteiger partial charge in [0.05, 0.1) is 0 Å². The Labute approximate surface area is 103 Å². The van der Waals surface area contributed by atoms with Gasteiger partial charge in [0, 0.05) is 11.2 Å². The summed E-state index contributed by atoms with van der Waals surface area (Å²) in [5, 5.41) is 0.505. The van der Waals surface area contributed by atoms with Gasteiger partial charge in [-0.2, -0.15) is 0 Å². The third-order valence-electron chi connectivity index (χ3n) is 2.44. The van der Waals surface area contributed by atoms with Crippen molar-refractivity contribution in [1.29, 1.82) is 0 Å². The van der Waals surface area contributed by atoms with E-state index < -0.39 is 8.07 Å². The van der Waals surface area contributed by atoms with Gasteiger partial charge in [0.1, 0.15) is 13.5 Å². The number of alkyl halides is 1. The average molecular weight is 291 g/mol. The molecule has 1 nitrogen and oxygen atoms in total. The molecule has 0 saturated heterocycles. The van der Waals surface area contributed by atoms with Crippen LogP contribution in [0, 0.1) is 0 Å². The van der Waals surface area contributed by atoms with Gasteiger partial charge in [-0.3, -0.25) is 0 Å². The van der Waals surface area contributed by atoms with Crippen molar-refractivity contribution in [2.45, 2.75) is 56.6 Å². The fourth-order valence-electron chi connectivity index (χ4n) is 1.30. The summed E-state index contributed by atoms with van der Waals surface area (Å²) in [4.78, 5) is 12.2. The van der Waals surface area contributed by atoms with Gasteiger partial charge in [-0.15, -0.1) is 6.58 Å². The van der Waals surface area contributed by atoms with Gasteiger partial charge in [-0.25, -0.2) is 0 Å². The summed E-state index contributed by atoms with van der Waals surface area (Å²) in [6, 6.07) is 0. The lowest BCUT2D eigenvalue weighted by molar-refractivity contribution is -0.112. The number of rotatable bonds is 8. The molecule has 0 saturated carbocycles. The highest BCUT2D eigenvalue weighted by Gasteiger charge is 2.23. The van der Waals surface area contributed by atoms with Crippen LogP contribution in [-0.4, -0.2) is 18.3 Å². The summed E-state index contributed by atoms with van der Waals surface area (Å²) in [5.74, 6) is 0. The highest BCUT2D eigenvalue weighted by atomic mass is 79.9. The van der Waals surface area contributed by atoms with Crippen molar-refractivity contribution in [3.63, 3.8) is 0 Å².